The van der Waals surface area contributed by atoms with Gasteiger partial charge in [0, 0.05) is 19.3 Å². The van der Waals surface area contributed by atoms with Gasteiger partial charge in [0.15, 0.2) is 6.10 Å². The number of esters is 3. The maximum absolute atomic E-state index is 12.4. The lowest BCUT2D eigenvalue weighted by Gasteiger charge is -2.18. The second kappa shape index (κ2) is 31.8. The van der Waals surface area contributed by atoms with Crippen LogP contribution in [0.15, 0.2) is 0 Å². The Morgan fingerprint density at radius 3 is 1.14 bits per heavy atom. The molecular weight excluding hydrogens is 540 g/mol. The number of hydrogen-bond acceptors (Lipinski definition) is 6. The first kappa shape index (κ1) is 41.4. The predicted octanol–water partition coefficient (Wildman–Crippen LogP) is 10.8. The van der Waals surface area contributed by atoms with Gasteiger partial charge >= 0.3 is 17.9 Å². The van der Waals surface area contributed by atoms with Gasteiger partial charge in [0.05, 0.1) is 0 Å². The Balaban J connectivity index is 4.26. The van der Waals surface area contributed by atoms with Crippen molar-refractivity contribution >= 4 is 17.9 Å². The van der Waals surface area contributed by atoms with Crippen molar-refractivity contribution in [2.75, 3.05) is 13.2 Å². The van der Waals surface area contributed by atoms with E-state index in [9.17, 15) is 14.4 Å². The van der Waals surface area contributed by atoms with E-state index in [1.54, 1.807) is 0 Å². The third kappa shape index (κ3) is 31.6. The summed E-state index contributed by atoms with van der Waals surface area (Å²) in [6.45, 7) is 8.82. The highest BCUT2D eigenvalue weighted by Gasteiger charge is 2.19. The molecular formula is C37H70O6. The van der Waals surface area contributed by atoms with Gasteiger partial charge in [0.25, 0.3) is 0 Å². The van der Waals surface area contributed by atoms with E-state index in [1.165, 1.54) is 83.5 Å². The van der Waals surface area contributed by atoms with Crippen molar-refractivity contribution < 1.29 is 28.6 Å². The minimum absolute atomic E-state index is 0.0672. The standard InChI is InChI=1S/C37H70O6/c1-5-7-9-11-12-13-17-21-24-28-35(38)41-31-34(43-37(40)30-26-19-10-8-6-2)32-42-36(39)29-25-22-18-15-14-16-20-23-27-33(3)4/h33-34H,5-32H2,1-4H3/t34-/m1/s1. The molecule has 0 aliphatic rings. The zero-order chi connectivity index (χ0) is 31.8. The van der Waals surface area contributed by atoms with Crippen LogP contribution in [0, 0.1) is 5.92 Å². The Morgan fingerprint density at radius 1 is 0.442 bits per heavy atom. The predicted molar refractivity (Wildman–Crippen MR) is 178 cm³/mol. The highest BCUT2D eigenvalue weighted by atomic mass is 16.6. The lowest BCUT2D eigenvalue weighted by molar-refractivity contribution is -0.167. The van der Waals surface area contributed by atoms with Crippen molar-refractivity contribution in [1.29, 1.82) is 0 Å². The summed E-state index contributed by atoms with van der Waals surface area (Å²) in [7, 11) is 0. The molecule has 254 valence electrons. The summed E-state index contributed by atoms with van der Waals surface area (Å²) in [5, 5.41) is 0. The number of carbonyl (C=O) groups is 3. The van der Waals surface area contributed by atoms with Crippen LogP contribution < -0.4 is 0 Å². The summed E-state index contributed by atoms with van der Waals surface area (Å²) in [6.07, 6.45) is 26.9. The molecule has 0 saturated carbocycles. The van der Waals surface area contributed by atoms with E-state index < -0.39 is 6.10 Å². The molecule has 0 saturated heterocycles. The number of unbranched alkanes of at least 4 members (excludes halogenated alkanes) is 19. The molecule has 0 N–H and O–H groups in total. The van der Waals surface area contributed by atoms with E-state index in [4.69, 9.17) is 14.2 Å². The van der Waals surface area contributed by atoms with Crippen LogP contribution in [-0.2, 0) is 28.6 Å². The number of hydrogen-bond donors (Lipinski definition) is 0. The highest BCUT2D eigenvalue weighted by molar-refractivity contribution is 5.71. The molecule has 0 radical (unpaired) electrons. The molecule has 0 aromatic heterocycles. The number of ether oxygens (including phenoxy) is 3. The van der Waals surface area contributed by atoms with Gasteiger partial charge < -0.3 is 14.2 Å². The fourth-order valence-electron chi connectivity index (χ4n) is 5.21. The summed E-state index contributed by atoms with van der Waals surface area (Å²) in [5.74, 6) is -0.0892. The molecule has 0 heterocycles. The van der Waals surface area contributed by atoms with Crippen molar-refractivity contribution in [3.63, 3.8) is 0 Å². The number of rotatable bonds is 32. The van der Waals surface area contributed by atoms with E-state index in [0.29, 0.717) is 19.3 Å². The molecule has 0 aliphatic heterocycles. The van der Waals surface area contributed by atoms with Gasteiger partial charge in [-0.3, -0.25) is 14.4 Å². The van der Waals surface area contributed by atoms with Crippen LogP contribution in [0.3, 0.4) is 0 Å². The average Bonchev–Trinajstić information content (AvgIpc) is 2.98. The minimum atomic E-state index is -0.755. The fraction of sp³-hybridized carbons (Fsp3) is 0.919. The van der Waals surface area contributed by atoms with Gasteiger partial charge in [0.2, 0.25) is 0 Å². The molecule has 0 aliphatic carbocycles. The molecule has 0 fully saturated rings. The zero-order valence-corrected chi connectivity index (χ0v) is 28.9. The third-order valence-electron chi connectivity index (χ3n) is 8.04. The summed E-state index contributed by atoms with van der Waals surface area (Å²) in [6, 6.07) is 0. The molecule has 0 unspecified atom stereocenters. The van der Waals surface area contributed by atoms with E-state index in [0.717, 1.165) is 70.1 Å². The molecule has 0 aromatic carbocycles. The van der Waals surface area contributed by atoms with Crippen molar-refractivity contribution in [2.45, 2.75) is 201 Å². The molecule has 43 heavy (non-hydrogen) atoms. The van der Waals surface area contributed by atoms with E-state index in [-0.39, 0.29) is 31.1 Å². The highest BCUT2D eigenvalue weighted by Crippen LogP contribution is 2.14. The normalized spacial score (nSPS) is 11.9. The minimum Gasteiger partial charge on any atom is -0.462 e. The molecule has 0 spiro atoms. The van der Waals surface area contributed by atoms with Crippen LogP contribution in [0.25, 0.3) is 0 Å². The largest absolute Gasteiger partial charge is 0.462 e. The van der Waals surface area contributed by atoms with Crippen LogP contribution in [0.4, 0.5) is 0 Å². The van der Waals surface area contributed by atoms with Crippen LogP contribution in [-0.4, -0.2) is 37.2 Å². The van der Waals surface area contributed by atoms with E-state index in [1.807, 2.05) is 0 Å². The molecule has 0 bridgehead atoms. The SMILES string of the molecule is CCCCCCCCCCCC(=O)OC[C@H](COC(=O)CCCCCCCCCCC(C)C)OC(=O)CCCCCCC. The zero-order valence-electron chi connectivity index (χ0n) is 28.9. The van der Waals surface area contributed by atoms with Crippen molar-refractivity contribution in [2.24, 2.45) is 5.92 Å². The monoisotopic (exact) mass is 611 g/mol. The first-order chi connectivity index (χ1) is 20.9. The average molecular weight is 611 g/mol. The van der Waals surface area contributed by atoms with Gasteiger partial charge in [-0.15, -0.1) is 0 Å². The molecule has 6 heteroatoms. The van der Waals surface area contributed by atoms with E-state index in [2.05, 4.69) is 27.7 Å². The van der Waals surface area contributed by atoms with Gasteiger partial charge in [-0.25, -0.2) is 0 Å². The Labute approximate surface area is 266 Å². The van der Waals surface area contributed by atoms with Crippen LogP contribution >= 0.6 is 0 Å². The maximum atomic E-state index is 12.4. The Hall–Kier alpha value is -1.59. The third-order valence-corrected chi connectivity index (χ3v) is 8.04. The molecule has 1 atom stereocenters. The van der Waals surface area contributed by atoms with Crippen LogP contribution in [0.1, 0.15) is 195 Å². The Morgan fingerprint density at radius 2 is 0.767 bits per heavy atom. The summed E-state index contributed by atoms with van der Waals surface area (Å²) in [5.41, 5.74) is 0. The van der Waals surface area contributed by atoms with Crippen molar-refractivity contribution in [1.82, 2.24) is 0 Å². The summed E-state index contributed by atoms with van der Waals surface area (Å²) < 4.78 is 16.4. The smallest absolute Gasteiger partial charge is 0.306 e. The van der Waals surface area contributed by atoms with Gasteiger partial charge in [-0.2, -0.15) is 0 Å². The topological polar surface area (TPSA) is 78.9 Å². The van der Waals surface area contributed by atoms with Crippen molar-refractivity contribution in [3.05, 3.63) is 0 Å². The van der Waals surface area contributed by atoms with Gasteiger partial charge in [-0.1, -0.05) is 156 Å². The van der Waals surface area contributed by atoms with Crippen molar-refractivity contribution in [3.8, 4) is 0 Å². The lowest BCUT2D eigenvalue weighted by atomic mass is 10.0. The summed E-state index contributed by atoms with van der Waals surface area (Å²) >= 11 is 0. The van der Waals surface area contributed by atoms with Gasteiger partial charge in [-0.05, 0) is 25.2 Å². The van der Waals surface area contributed by atoms with E-state index >= 15 is 0 Å². The first-order valence-electron chi connectivity index (χ1n) is 18.4. The molecule has 0 aromatic rings. The Bertz CT molecular complexity index is 647. The molecule has 6 nitrogen and oxygen atoms in total. The summed E-state index contributed by atoms with van der Waals surface area (Å²) in [4.78, 5) is 37.1. The van der Waals surface area contributed by atoms with Crippen LogP contribution in [0.5, 0.6) is 0 Å². The molecule has 0 amide bonds. The second-order valence-electron chi connectivity index (χ2n) is 13.0. The Kier molecular flexibility index (Phi) is 30.6. The second-order valence-corrected chi connectivity index (χ2v) is 13.0. The van der Waals surface area contributed by atoms with Crippen LogP contribution in [0.2, 0.25) is 0 Å². The fourth-order valence-corrected chi connectivity index (χ4v) is 5.21. The van der Waals surface area contributed by atoms with Gasteiger partial charge in [0.1, 0.15) is 13.2 Å². The first-order valence-corrected chi connectivity index (χ1v) is 18.4. The maximum Gasteiger partial charge on any atom is 0.306 e. The number of carbonyl (C=O) groups excluding carboxylic acids is 3. The molecule has 0 rings (SSSR count). The lowest BCUT2D eigenvalue weighted by Crippen LogP contribution is -2.30. The quantitative estimate of drug-likeness (QED) is 0.0428.